The fourth-order valence-electron chi connectivity index (χ4n) is 3.75. The van der Waals surface area contributed by atoms with E-state index in [1.807, 2.05) is 19.0 Å². The SMILES string of the molecule is CNC1CCC(F)[C@@H](N(C)c2nnc(-c3ccc(-c4ncnc(OC)n4)cc3O)s2)C1. The number of alkyl halides is 1. The van der Waals surface area contributed by atoms with Gasteiger partial charge in [0.15, 0.2) is 10.8 Å². The average Bonchev–Trinajstić information content (AvgIpc) is 3.29. The van der Waals surface area contributed by atoms with E-state index in [4.69, 9.17) is 4.74 Å². The van der Waals surface area contributed by atoms with Gasteiger partial charge in [-0.2, -0.15) is 9.97 Å². The number of nitrogens with zero attached hydrogens (tertiary/aromatic N) is 6. The number of halogens is 1. The summed E-state index contributed by atoms with van der Waals surface area (Å²) in [4.78, 5) is 14.0. The zero-order valence-corrected chi connectivity index (χ0v) is 18.3. The Hall–Kier alpha value is -2.92. The van der Waals surface area contributed by atoms with Gasteiger partial charge in [0.2, 0.25) is 5.13 Å². The summed E-state index contributed by atoms with van der Waals surface area (Å²) < 4.78 is 19.6. The maximum Gasteiger partial charge on any atom is 0.319 e. The fraction of sp³-hybridized carbons (Fsp3) is 0.450. The molecule has 2 heterocycles. The van der Waals surface area contributed by atoms with Crippen LogP contribution in [0.2, 0.25) is 0 Å². The van der Waals surface area contributed by atoms with Crippen molar-refractivity contribution in [1.29, 1.82) is 0 Å². The first-order chi connectivity index (χ1) is 15.0. The van der Waals surface area contributed by atoms with E-state index in [9.17, 15) is 9.50 Å². The number of ether oxygens (including phenoxy) is 1. The molecule has 1 aliphatic rings. The van der Waals surface area contributed by atoms with Crippen molar-refractivity contribution in [3.63, 3.8) is 0 Å². The second kappa shape index (κ2) is 9.06. The summed E-state index contributed by atoms with van der Waals surface area (Å²) >= 11 is 1.32. The summed E-state index contributed by atoms with van der Waals surface area (Å²) in [7, 11) is 5.22. The van der Waals surface area contributed by atoms with Crippen molar-refractivity contribution in [2.24, 2.45) is 0 Å². The highest BCUT2D eigenvalue weighted by molar-refractivity contribution is 7.18. The van der Waals surface area contributed by atoms with Gasteiger partial charge in [-0.1, -0.05) is 17.4 Å². The Kier molecular flexibility index (Phi) is 6.23. The molecule has 2 N–H and O–H groups in total. The summed E-state index contributed by atoms with van der Waals surface area (Å²) in [6.45, 7) is 0. The van der Waals surface area contributed by atoms with Crippen molar-refractivity contribution in [3.8, 4) is 33.7 Å². The van der Waals surface area contributed by atoms with Gasteiger partial charge in [-0.25, -0.2) is 9.37 Å². The molecule has 1 aliphatic carbocycles. The first-order valence-corrected chi connectivity index (χ1v) is 10.8. The number of aromatic hydroxyl groups is 1. The Morgan fingerprint density at radius 1 is 1.26 bits per heavy atom. The van der Waals surface area contributed by atoms with Crippen LogP contribution in [0.5, 0.6) is 11.8 Å². The molecule has 1 saturated carbocycles. The third kappa shape index (κ3) is 4.42. The quantitative estimate of drug-likeness (QED) is 0.592. The molecule has 31 heavy (non-hydrogen) atoms. The molecule has 11 heteroatoms. The van der Waals surface area contributed by atoms with Crippen LogP contribution in [0, 0.1) is 0 Å². The Morgan fingerprint density at radius 2 is 2.10 bits per heavy atom. The molecule has 1 aromatic carbocycles. The van der Waals surface area contributed by atoms with Gasteiger partial charge in [0, 0.05) is 18.7 Å². The van der Waals surface area contributed by atoms with Crippen LogP contribution < -0.4 is 15.0 Å². The van der Waals surface area contributed by atoms with Crippen LogP contribution in [-0.2, 0) is 0 Å². The van der Waals surface area contributed by atoms with Gasteiger partial charge < -0.3 is 20.1 Å². The number of nitrogens with one attached hydrogen (secondary N) is 1. The molecule has 2 unspecified atom stereocenters. The van der Waals surface area contributed by atoms with E-state index in [1.54, 1.807) is 18.2 Å². The minimum atomic E-state index is -0.910. The van der Waals surface area contributed by atoms with E-state index >= 15 is 0 Å². The number of phenols is 1. The van der Waals surface area contributed by atoms with E-state index in [-0.39, 0.29) is 23.8 Å². The lowest BCUT2D eigenvalue weighted by Gasteiger charge is -2.37. The molecule has 0 saturated heterocycles. The molecule has 4 rings (SSSR count). The summed E-state index contributed by atoms with van der Waals surface area (Å²) in [5.74, 6) is 0.412. The van der Waals surface area contributed by atoms with Crippen LogP contribution in [0.3, 0.4) is 0 Å². The minimum absolute atomic E-state index is 0.0264. The predicted octanol–water partition coefficient (Wildman–Crippen LogP) is 2.69. The number of aromatic nitrogens is 5. The maximum atomic E-state index is 14.6. The van der Waals surface area contributed by atoms with Crippen LogP contribution in [0.4, 0.5) is 9.52 Å². The van der Waals surface area contributed by atoms with Crippen molar-refractivity contribution >= 4 is 16.5 Å². The number of rotatable bonds is 6. The normalized spacial score (nSPS) is 21.1. The number of phenolic OH excluding ortho intramolecular Hbond substituents is 1. The molecular weight excluding hydrogens is 421 g/mol. The van der Waals surface area contributed by atoms with Gasteiger partial charge in [-0.15, -0.1) is 10.2 Å². The zero-order chi connectivity index (χ0) is 22.0. The topological polar surface area (TPSA) is 109 Å². The largest absolute Gasteiger partial charge is 0.507 e. The Morgan fingerprint density at radius 3 is 2.84 bits per heavy atom. The first-order valence-electron chi connectivity index (χ1n) is 9.94. The highest BCUT2D eigenvalue weighted by atomic mass is 32.1. The smallest absolute Gasteiger partial charge is 0.319 e. The molecule has 0 aliphatic heterocycles. The maximum absolute atomic E-state index is 14.6. The van der Waals surface area contributed by atoms with Gasteiger partial charge in [0.05, 0.1) is 18.7 Å². The monoisotopic (exact) mass is 445 g/mol. The van der Waals surface area contributed by atoms with Crippen LogP contribution in [0.15, 0.2) is 24.5 Å². The van der Waals surface area contributed by atoms with Crippen molar-refractivity contribution in [3.05, 3.63) is 24.5 Å². The average molecular weight is 446 g/mol. The zero-order valence-electron chi connectivity index (χ0n) is 17.5. The molecule has 9 nitrogen and oxygen atoms in total. The Bertz CT molecular complexity index is 1050. The number of hydrogen-bond donors (Lipinski definition) is 2. The number of benzene rings is 1. The third-order valence-corrected chi connectivity index (χ3v) is 6.62. The van der Waals surface area contributed by atoms with E-state index in [0.717, 1.165) is 6.42 Å². The van der Waals surface area contributed by atoms with Crippen molar-refractivity contribution < 1.29 is 14.2 Å². The highest BCUT2D eigenvalue weighted by Crippen LogP contribution is 2.37. The number of hydrogen-bond acceptors (Lipinski definition) is 10. The van der Waals surface area contributed by atoms with Crippen molar-refractivity contribution in [1.82, 2.24) is 30.5 Å². The van der Waals surface area contributed by atoms with Crippen LogP contribution in [-0.4, -0.2) is 69.7 Å². The van der Waals surface area contributed by atoms with Gasteiger partial charge in [-0.05, 0) is 38.4 Å². The third-order valence-electron chi connectivity index (χ3n) is 5.57. The van der Waals surface area contributed by atoms with E-state index in [2.05, 4.69) is 30.5 Å². The molecule has 3 atom stereocenters. The second-order valence-corrected chi connectivity index (χ2v) is 8.37. The van der Waals surface area contributed by atoms with Gasteiger partial charge in [0.25, 0.3) is 0 Å². The standard InChI is InChI=1S/C20H24FN7O2S/c1-22-12-5-7-14(21)15(9-12)28(2)20-27-26-18(31-20)13-6-4-11(8-16(13)29)17-23-10-24-19(25-17)30-3/h4,6,8,10,12,14-15,22,29H,5,7,9H2,1-3H3/t12?,14?,15-/m0/s1. The Balaban J connectivity index is 1.56. The molecule has 0 radical (unpaired) electrons. The predicted molar refractivity (Wildman–Crippen MR) is 116 cm³/mol. The highest BCUT2D eigenvalue weighted by Gasteiger charge is 2.34. The van der Waals surface area contributed by atoms with Gasteiger partial charge in [-0.3, -0.25) is 0 Å². The molecular formula is C20H24FN7O2S. The molecule has 164 valence electrons. The van der Waals surface area contributed by atoms with Gasteiger partial charge in [0.1, 0.15) is 18.2 Å². The summed E-state index contributed by atoms with van der Waals surface area (Å²) in [6.07, 6.45) is 2.50. The molecule has 2 aromatic heterocycles. The fourth-order valence-corrected chi connectivity index (χ4v) is 4.65. The van der Waals surface area contributed by atoms with E-state index < -0.39 is 6.17 Å². The van der Waals surface area contributed by atoms with Crippen LogP contribution in [0.1, 0.15) is 19.3 Å². The summed E-state index contributed by atoms with van der Waals surface area (Å²) in [5, 5.41) is 23.5. The lowest BCUT2D eigenvalue weighted by Crippen LogP contribution is -2.48. The Labute approximate surface area is 183 Å². The molecule has 0 bridgehead atoms. The second-order valence-electron chi connectivity index (χ2n) is 7.41. The van der Waals surface area contributed by atoms with E-state index in [1.165, 1.54) is 24.8 Å². The molecule has 0 spiro atoms. The number of methoxy groups -OCH3 is 1. The minimum Gasteiger partial charge on any atom is -0.507 e. The number of anilines is 1. The molecule has 0 amide bonds. The summed E-state index contributed by atoms with van der Waals surface area (Å²) in [6, 6.07) is 5.30. The van der Waals surface area contributed by atoms with Crippen molar-refractivity contribution in [2.75, 3.05) is 26.1 Å². The lowest BCUT2D eigenvalue weighted by molar-refractivity contribution is 0.189. The van der Waals surface area contributed by atoms with E-state index in [0.29, 0.717) is 39.9 Å². The lowest BCUT2D eigenvalue weighted by atomic mass is 9.89. The van der Waals surface area contributed by atoms with Crippen LogP contribution in [0.25, 0.3) is 22.0 Å². The van der Waals surface area contributed by atoms with Gasteiger partial charge >= 0.3 is 6.01 Å². The molecule has 3 aromatic rings. The first kappa shape index (κ1) is 21.3. The van der Waals surface area contributed by atoms with Crippen molar-refractivity contribution in [2.45, 2.75) is 37.5 Å². The summed E-state index contributed by atoms with van der Waals surface area (Å²) in [5.41, 5.74) is 1.15. The van der Waals surface area contributed by atoms with Crippen LogP contribution >= 0.6 is 11.3 Å². The molecule has 1 fully saturated rings.